The lowest BCUT2D eigenvalue weighted by Gasteiger charge is -2.13. The van der Waals surface area contributed by atoms with Gasteiger partial charge < -0.3 is 10.5 Å². The summed E-state index contributed by atoms with van der Waals surface area (Å²) in [6, 6.07) is 2.68. The molecule has 1 fully saturated rings. The normalized spacial score (nSPS) is 21.6. The molecule has 3 nitrogen and oxygen atoms in total. The molecule has 0 spiro atoms. The zero-order valence-corrected chi connectivity index (χ0v) is 9.94. The molecule has 2 heterocycles. The molecule has 0 radical (unpaired) electrons. The fourth-order valence-electron chi connectivity index (χ4n) is 2.24. The van der Waals surface area contributed by atoms with E-state index < -0.39 is 0 Å². The van der Waals surface area contributed by atoms with E-state index in [1.54, 1.807) is 12.3 Å². The van der Waals surface area contributed by atoms with Crippen molar-refractivity contribution in [1.29, 1.82) is 0 Å². The quantitative estimate of drug-likeness (QED) is 0.857. The Morgan fingerprint density at radius 3 is 3.18 bits per heavy atom. The van der Waals surface area contributed by atoms with Gasteiger partial charge in [-0.15, -0.1) is 0 Å². The molecule has 1 saturated heterocycles. The molecule has 4 heteroatoms. The summed E-state index contributed by atoms with van der Waals surface area (Å²) in [6.45, 7) is 0.881. The molecule has 17 heavy (non-hydrogen) atoms. The number of hydrogen-bond donors (Lipinski definition) is 1. The number of rotatable bonds is 5. The summed E-state index contributed by atoms with van der Waals surface area (Å²) >= 11 is 0. The first kappa shape index (κ1) is 12.5. The van der Waals surface area contributed by atoms with Crippen LogP contribution in [0.4, 0.5) is 4.39 Å². The lowest BCUT2D eigenvalue weighted by molar-refractivity contribution is 0.101. The van der Waals surface area contributed by atoms with Crippen molar-refractivity contribution in [2.75, 3.05) is 6.61 Å². The van der Waals surface area contributed by atoms with Crippen LogP contribution in [0.1, 0.15) is 43.8 Å². The molecule has 1 aliphatic rings. The summed E-state index contributed by atoms with van der Waals surface area (Å²) in [6.07, 6.45) is 7.00. The number of halogens is 1. The van der Waals surface area contributed by atoms with E-state index >= 15 is 0 Å². The topological polar surface area (TPSA) is 48.1 Å². The molecule has 94 valence electrons. The van der Waals surface area contributed by atoms with E-state index in [4.69, 9.17) is 10.5 Å². The number of ether oxygens (including phenoxy) is 1. The molecular weight excluding hydrogens is 219 g/mol. The zero-order chi connectivity index (χ0) is 12.1. The van der Waals surface area contributed by atoms with Gasteiger partial charge in [-0.25, -0.2) is 4.39 Å². The van der Waals surface area contributed by atoms with Crippen molar-refractivity contribution in [3.63, 3.8) is 0 Å². The highest BCUT2D eigenvalue weighted by molar-refractivity contribution is 5.10. The molecular formula is C13H19FN2O. The summed E-state index contributed by atoms with van der Waals surface area (Å²) in [5, 5.41) is 0. The summed E-state index contributed by atoms with van der Waals surface area (Å²) in [5.74, 6) is -0.308. The fraction of sp³-hybridized carbons (Fsp3) is 0.615. The van der Waals surface area contributed by atoms with E-state index in [0.29, 0.717) is 11.8 Å². The van der Waals surface area contributed by atoms with E-state index in [9.17, 15) is 4.39 Å². The summed E-state index contributed by atoms with van der Waals surface area (Å²) in [7, 11) is 0. The summed E-state index contributed by atoms with van der Waals surface area (Å²) in [4.78, 5) is 4.00. The van der Waals surface area contributed by atoms with Crippen molar-refractivity contribution < 1.29 is 9.13 Å². The minimum Gasteiger partial charge on any atom is -0.378 e. The van der Waals surface area contributed by atoms with Crippen molar-refractivity contribution >= 4 is 0 Å². The minimum atomic E-state index is -0.308. The number of nitrogens with zero attached hydrogens (tertiary/aromatic N) is 1. The maximum absolute atomic E-state index is 13.4. The molecule has 2 atom stereocenters. The zero-order valence-electron chi connectivity index (χ0n) is 9.94. The van der Waals surface area contributed by atoms with Crippen LogP contribution in [0.25, 0.3) is 0 Å². The lowest BCUT2D eigenvalue weighted by atomic mass is 10.0. The van der Waals surface area contributed by atoms with Gasteiger partial charge in [0, 0.05) is 18.8 Å². The Morgan fingerprint density at radius 1 is 1.59 bits per heavy atom. The third-order valence-electron chi connectivity index (χ3n) is 3.20. The average Bonchev–Trinajstić information content (AvgIpc) is 2.82. The first-order valence-electron chi connectivity index (χ1n) is 6.25. The number of hydrogen-bond acceptors (Lipinski definition) is 3. The van der Waals surface area contributed by atoms with Crippen LogP contribution in [0.3, 0.4) is 0 Å². The smallest absolute Gasteiger partial charge is 0.146 e. The van der Waals surface area contributed by atoms with Crippen LogP contribution in [0, 0.1) is 5.82 Å². The third-order valence-corrected chi connectivity index (χ3v) is 3.20. The Bertz CT molecular complexity index is 353. The highest BCUT2D eigenvalue weighted by Gasteiger charge is 2.17. The second-order valence-corrected chi connectivity index (χ2v) is 4.54. The fourth-order valence-corrected chi connectivity index (χ4v) is 2.24. The Labute approximate surface area is 101 Å². The Morgan fingerprint density at radius 2 is 2.47 bits per heavy atom. The Hall–Kier alpha value is -1.00. The summed E-state index contributed by atoms with van der Waals surface area (Å²) < 4.78 is 18.9. The van der Waals surface area contributed by atoms with Gasteiger partial charge in [-0.1, -0.05) is 0 Å². The highest BCUT2D eigenvalue weighted by Crippen LogP contribution is 2.21. The van der Waals surface area contributed by atoms with Crippen molar-refractivity contribution in [2.45, 2.75) is 44.2 Å². The van der Waals surface area contributed by atoms with Gasteiger partial charge >= 0.3 is 0 Å². The lowest BCUT2D eigenvalue weighted by Crippen LogP contribution is -2.15. The molecule has 1 aromatic rings. The van der Waals surface area contributed by atoms with Gasteiger partial charge in [-0.2, -0.15) is 0 Å². The molecule has 1 aromatic heterocycles. The van der Waals surface area contributed by atoms with Crippen molar-refractivity contribution in [1.82, 2.24) is 4.98 Å². The third kappa shape index (κ3) is 3.48. The maximum atomic E-state index is 13.4. The number of aromatic nitrogens is 1. The van der Waals surface area contributed by atoms with Crippen LogP contribution in [-0.2, 0) is 4.74 Å². The van der Waals surface area contributed by atoms with Gasteiger partial charge in [-0.3, -0.25) is 4.98 Å². The van der Waals surface area contributed by atoms with Gasteiger partial charge in [0.2, 0.25) is 0 Å². The number of nitrogens with two attached hydrogens (primary N) is 1. The van der Waals surface area contributed by atoms with Crippen LogP contribution < -0.4 is 5.73 Å². The molecule has 1 aliphatic heterocycles. The SMILES string of the molecule is NC(CCCC1CCCO1)c1ncccc1F. The molecule has 2 unspecified atom stereocenters. The largest absolute Gasteiger partial charge is 0.378 e. The second kappa shape index (κ2) is 6.07. The molecule has 0 bridgehead atoms. The van der Waals surface area contributed by atoms with E-state index in [1.165, 1.54) is 6.07 Å². The Balaban J connectivity index is 1.77. The van der Waals surface area contributed by atoms with Crippen LogP contribution in [0.5, 0.6) is 0 Å². The van der Waals surface area contributed by atoms with Crippen molar-refractivity contribution in [3.8, 4) is 0 Å². The van der Waals surface area contributed by atoms with E-state index in [2.05, 4.69) is 4.98 Å². The highest BCUT2D eigenvalue weighted by atomic mass is 19.1. The molecule has 2 N–H and O–H groups in total. The van der Waals surface area contributed by atoms with Crippen LogP contribution >= 0.6 is 0 Å². The Kier molecular flexibility index (Phi) is 4.45. The standard InChI is InChI=1S/C13H19FN2O/c14-11-6-2-8-16-13(11)12(15)7-1-4-10-5-3-9-17-10/h2,6,8,10,12H,1,3-5,7,9,15H2. The van der Waals surface area contributed by atoms with E-state index in [0.717, 1.165) is 38.7 Å². The molecule has 0 saturated carbocycles. The summed E-state index contributed by atoms with van der Waals surface area (Å²) in [5.41, 5.74) is 6.31. The van der Waals surface area contributed by atoms with Crippen LogP contribution in [-0.4, -0.2) is 17.7 Å². The predicted molar refractivity (Wildman–Crippen MR) is 63.9 cm³/mol. The van der Waals surface area contributed by atoms with Gasteiger partial charge in [0.25, 0.3) is 0 Å². The maximum Gasteiger partial charge on any atom is 0.146 e. The van der Waals surface area contributed by atoms with E-state index in [-0.39, 0.29) is 11.9 Å². The van der Waals surface area contributed by atoms with Gasteiger partial charge in [0.05, 0.1) is 11.8 Å². The molecule has 0 amide bonds. The molecule has 2 rings (SSSR count). The first-order chi connectivity index (χ1) is 8.27. The van der Waals surface area contributed by atoms with Crippen molar-refractivity contribution in [2.24, 2.45) is 5.73 Å². The van der Waals surface area contributed by atoms with Gasteiger partial charge in [0.1, 0.15) is 5.82 Å². The first-order valence-corrected chi connectivity index (χ1v) is 6.25. The van der Waals surface area contributed by atoms with Gasteiger partial charge in [0.15, 0.2) is 0 Å². The second-order valence-electron chi connectivity index (χ2n) is 4.54. The van der Waals surface area contributed by atoms with Gasteiger partial charge in [-0.05, 0) is 44.2 Å². The van der Waals surface area contributed by atoms with Crippen LogP contribution in [0.15, 0.2) is 18.3 Å². The van der Waals surface area contributed by atoms with Crippen molar-refractivity contribution in [3.05, 3.63) is 29.8 Å². The minimum absolute atomic E-state index is 0.308. The molecule has 0 aromatic carbocycles. The number of pyridine rings is 1. The van der Waals surface area contributed by atoms with E-state index in [1.807, 2.05) is 0 Å². The van der Waals surface area contributed by atoms with Crippen LogP contribution in [0.2, 0.25) is 0 Å². The average molecular weight is 238 g/mol. The monoisotopic (exact) mass is 238 g/mol. The molecule has 0 aliphatic carbocycles. The predicted octanol–water partition coefficient (Wildman–Crippen LogP) is 2.57.